The molecular weight excluding hydrogens is 200 g/mol. The first-order valence-corrected chi connectivity index (χ1v) is 4.90. The molecule has 0 saturated carbocycles. The fraction of sp³-hybridized carbons (Fsp3) is 0.800. The Morgan fingerprint density at radius 2 is 1.73 bits per heavy atom. The number of epoxide rings is 2. The van der Waals surface area contributed by atoms with E-state index in [2.05, 4.69) is 5.92 Å². The van der Waals surface area contributed by atoms with E-state index in [0.29, 0.717) is 18.6 Å². The van der Waals surface area contributed by atoms with Crippen LogP contribution in [0.3, 0.4) is 0 Å². The van der Waals surface area contributed by atoms with Gasteiger partial charge in [-0.15, -0.1) is 0 Å². The van der Waals surface area contributed by atoms with Crippen molar-refractivity contribution in [1.82, 2.24) is 0 Å². The van der Waals surface area contributed by atoms with Gasteiger partial charge in [0.05, 0.1) is 33.0 Å². The Balaban J connectivity index is 0.000000167. The van der Waals surface area contributed by atoms with Crippen molar-refractivity contribution in [3.63, 3.8) is 0 Å². The maximum Gasteiger partial charge on any atom is 0.107 e. The number of ether oxygens (including phenoxy) is 3. The lowest BCUT2D eigenvalue weighted by molar-refractivity contribution is 0.102. The fourth-order valence-electron chi connectivity index (χ4n) is 0.771. The molecule has 0 aromatic carbocycles. The van der Waals surface area contributed by atoms with Crippen molar-refractivity contribution in [2.24, 2.45) is 0 Å². The first kappa shape index (κ1) is 12.3. The van der Waals surface area contributed by atoms with Crippen LogP contribution in [0.4, 0.5) is 0 Å². The lowest BCUT2D eigenvalue weighted by Crippen LogP contribution is -2.06. The molecule has 2 aliphatic rings. The average Bonchev–Trinajstić information content (AvgIpc) is 3.08. The number of hydrogen-bond acceptors (Lipinski definition) is 5. The maximum absolute atomic E-state index is 7.98. The van der Waals surface area contributed by atoms with Gasteiger partial charge < -0.3 is 24.4 Å². The molecule has 0 radical (unpaired) electrons. The third-order valence-electron chi connectivity index (χ3n) is 1.73. The van der Waals surface area contributed by atoms with Gasteiger partial charge in [-0.25, -0.2) is 0 Å². The molecule has 5 nitrogen and oxygen atoms in total. The van der Waals surface area contributed by atoms with E-state index < -0.39 is 0 Å². The van der Waals surface area contributed by atoms with Crippen LogP contribution in [-0.4, -0.2) is 55.5 Å². The van der Waals surface area contributed by atoms with Gasteiger partial charge in [0.15, 0.2) is 0 Å². The molecule has 0 aromatic rings. The van der Waals surface area contributed by atoms with Crippen molar-refractivity contribution in [2.75, 3.05) is 33.0 Å². The Bertz CT molecular complexity index is 200. The minimum absolute atomic E-state index is 0.0214. The average molecular weight is 216 g/mol. The molecule has 2 fully saturated rings. The Morgan fingerprint density at radius 1 is 1.20 bits per heavy atom. The van der Waals surface area contributed by atoms with Gasteiger partial charge in [0, 0.05) is 6.42 Å². The molecule has 2 atom stereocenters. The molecule has 2 unspecified atom stereocenters. The molecule has 2 N–H and O–H groups in total. The summed E-state index contributed by atoms with van der Waals surface area (Å²) in [5.74, 6) is 2.25. The lowest BCUT2D eigenvalue weighted by Gasteiger charge is -1.95. The van der Waals surface area contributed by atoms with Gasteiger partial charge in [-0.05, 0) is 0 Å². The van der Waals surface area contributed by atoms with Crippen LogP contribution in [0, 0.1) is 12.0 Å². The van der Waals surface area contributed by atoms with Crippen LogP contribution < -0.4 is 0 Å². The minimum Gasteiger partial charge on any atom is -0.462 e. The van der Waals surface area contributed by atoms with Crippen molar-refractivity contribution in [3.05, 3.63) is 0 Å². The molecule has 0 bridgehead atoms. The molecule has 2 saturated heterocycles. The third kappa shape index (κ3) is 8.21. The zero-order valence-electron chi connectivity index (χ0n) is 8.52. The van der Waals surface area contributed by atoms with E-state index in [1.807, 2.05) is 0 Å². The quantitative estimate of drug-likeness (QED) is 0.479. The van der Waals surface area contributed by atoms with Gasteiger partial charge in [-0.1, -0.05) is 5.92 Å². The summed E-state index contributed by atoms with van der Waals surface area (Å²) in [4.78, 5) is 0. The molecule has 0 aromatic heterocycles. The number of aliphatic hydroxyl groups is 2. The Kier molecular flexibility index (Phi) is 6.12. The molecule has 86 valence electrons. The van der Waals surface area contributed by atoms with E-state index in [1.54, 1.807) is 6.11 Å². The highest BCUT2D eigenvalue weighted by Crippen LogP contribution is 2.12. The summed E-state index contributed by atoms with van der Waals surface area (Å²) in [5.41, 5.74) is 0. The van der Waals surface area contributed by atoms with Crippen molar-refractivity contribution in [2.45, 2.75) is 18.6 Å². The smallest absolute Gasteiger partial charge is 0.107 e. The number of rotatable bonds is 5. The summed E-state index contributed by atoms with van der Waals surface area (Å²) in [6, 6.07) is 0. The molecule has 2 rings (SSSR count). The summed E-state index contributed by atoms with van der Waals surface area (Å²) in [5, 5.41) is 15.7. The van der Waals surface area contributed by atoms with Crippen LogP contribution in [0.5, 0.6) is 0 Å². The Morgan fingerprint density at radius 3 is 2.00 bits per heavy atom. The van der Waals surface area contributed by atoms with Crippen molar-refractivity contribution in [3.8, 4) is 12.0 Å². The zero-order chi connectivity index (χ0) is 10.9. The van der Waals surface area contributed by atoms with E-state index in [1.165, 1.54) is 0 Å². The van der Waals surface area contributed by atoms with Crippen LogP contribution in [0.2, 0.25) is 0 Å². The highest BCUT2D eigenvalue weighted by molar-refractivity contribution is 4.88. The summed E-state index contributed by atoms with van der Waals surface area (Å²) < 4.78 is 15.1. The summed E-state index contributed by atoms with van der Waals surface area (Å²) in [6.07, 6.45) is 2.80. The normalized spacial score (nSPS) is 25.7. The molecule has 15 heavy (non-hydrogen) atoms. The van der Waals surface area contributed by atoms with Gasteiger partial charge >= 0.3 is 0 Å². The van der Waals surface area contributed by atoms with Crippen LogP contribution in [0.25, 0.3) is 0 Å². The lowest BCUT2D eigenvalue weighted by atomic mass is 10.5. The van der Waals surface area contributed by atoms with E-state index in [0.717, 1.165) is 26.4 Å². The topological polar surface area (TPSA) is 74.8 Å². The number of aliphatic hydroxyl groups excluding tert-OH is 2. The maximum atomic E-state index is 7.98. The molecule has 0 amide bonds. The highest BCUT2D eigenvalue weighted by atomic mass is 16.6. The first-order valence-electron chi connectivity index (χ1n) is 4.90. The predicted octanol–water partition coefficient (Wildman–Crippen LogP) is -0.497. The molecular formula is C10H16O5. The Hall–Kier alpha value is -0.800. The zero-order valence-corrected chi connectivity index (χ0v) is 8.52. The third-order valence-corrected chi connectivity index (χ3v) is 1.73. The van der Waals surface area contributed by atoms with E-state index >= 15 is 0 Å². The van der Waals surface area contributed by atoms with Crippen LogP contribution >= 0.6 is 0 Å². The van der Waals surface area contributed by atoms with Crippen LogP contribution in [0.1, 0.15) is 6.42 Å². The molecule has 0 aliphatic carbocycles. The van der Waals surface area contributed by atoms with Crippen molar-refractivity contribution < 1.29 is 24.4 Å². The van der Waals surface area contributed by atoms with Gasteiger partial charge in [0.25, 0.3) is 0 Å². The minimum atomic E-state index is 0.0214. The first-order chi connectivity index (χ1) is 7.36. The fourth-order valence-corrected chi connectivity index (χ4v) is 0.771. The second-order valence-electron chi connectivity index (χ2n) is 3.21. The standard InChI is InChI=1S/C6H10O3.C4H6O2/c1(5-3-8-5)7-2-6-4-9-6;5-3-1-2-4-6/h5-6H,1-4H2;5-6H,1,3H2. The summed E-state index contributed by atoms with van der Waals surface area (Å²) in [7, 11) is 0. The van der Waals surface area contributed by atoms with Crippen molar-refractivity contribution >= 4 is 0 Å². The van der Waals surface area contributed by atoms with Crippen LogP contribution in [-0.2, 0) is 14.2 Å². The van der Waals surface area contributed by atoms with Crippen molar-refractivity contribution in [1.29, 1.82) is 0 Å². The molecule has 5 heteroatoms. The second-order valence-corrected chi connectivity index (χ2v) is 3.21. The van der Waals surface area contributed by atoms with Gasteiger partial charge in [-0.2, -0.15) is 0 Å². The van der Waals surface area contributed by atoms with E-state index in [9.17, 15) is 0 Å². The monoisotopic (exact) mass is 216 g/mol. The second kappa shape index (κ2) is 7.49. The van der Waals surface area contributed by atoms with Crippen LogP contribution in [0.15, 0.2) is 0 Å². The summed E-state index contributed by atoms with van der Waals surface area (Å²) >= 11 is 0. The SMILES string of the molecule is C(OCC1CO1)C1CO1.OC#CCCO. The molecule has 2 heterocycles. The number of hydrogen-bond donors (Lipinski definition) is 2. The largest absolute Gasteiger partial charge is 0.462 e. The highest BCUT2D eigenvalue weighted by Gasteiger charge is 2.26. The van der Waals surface area contributed by atoms with Gasteiger partial charge in [0.1, 0.15) is 18.3 Å². The van der Waals surface area contributed by atoms with Gasteiger partial charge in [-0.3, -0.25) is 0 Å². The molecule has 2 aliphatic heterocycles. The van der Waals surface area contributed by atoms with E-state index in [-0.39, 0.29) is 6.61 Å². The summed E-state index contributed by atoms with van der Waals surface area (Å²) in [6.45, 7) is 3.28. The van der Waals surface area contributed by atoms with Gasteiger partial charge in [0.2, 0.25) is 0 Å². The van der Waals surface area contributed by atoms with E-state index in [4.69, 9.17) is 24.4 Å². The predicted molar refractivity (Wildman–Crippen MR) is 51.7 cm³/mol. The Labute approximate surface area is 88.9 Å². The molecule has 0 spiro atoms.